The summed E-state index contributed by atoms with van der Waals surface area (Å²) in [6, 6.07) is 1.70. The molecule has 1 unspecified atom stereocenters. The first kappa shape index (κ1) is 13.7. The van der Waals surface area contributed by atoms with Crippen LogP contribution in [-0.2, 0) is 4.74 Å². The van der Waals surface area contributed by atoms with Gasteiger partial charge in [0.05, 0.1) is 12.0 Å². The van der Waals surface area contributed by atoms with Gasteiger partial charge in [0.1, 0.15) is 34.9 Å². The van der Waals surface area contributed by atoms with E-state index in [1.807, 2.05) is 0 Å². The zero-order chi connectivity index (χ0) is 14.5. The molecule has 0 aromatic carbocycles. The summed E-state index contributed by atoms with van der Waals surface area (Å²) in [5, 5.41) is 30.6. The van der Waals surface area contributed by atoms with Crippen LogP contribution < -0.4 is 0 Å². The number of nitrogens with zero attached hydrogens (tertiary/aromatic N) is 3. The van der Waals surface area contributed by atoms with Gasteiger partial charge in [0, 0.05) is 6.20 Å². The van der Waals surface area contributed by atoms with Crippen molar-refractivity contribution in [2.24, 2.45) is 0 Å². The molecule has 1 aliphatic heterocycles. The molecule has 4 atom stereocenters. The fourth-order valence-electron chi connectivity index (χ4n) is 2.52. The first-order valence-corrected chi connectivity index (χ1v) is 6.48. The van der Waals surface area contributed by atoms with Crippen LogP contribution in [0.25, 0.3) is 11.0 Å². The molecule has 8 heteroatoms. The molecular weight excluding hydrogens is 286 g/mol. The molecule has 1 aliphatic rings. The average molecular weight is 300 g/mol. The fraction of sp³-hybridized carbons (Fsp3) is 0.500. The molecule has 0 radical (unpaired) electrons. The van der Waals surface area contributed by atoms with Crippen molar-refractivity contribution in [2.45, 2.75) is 31.0 Å². The Morgan fingerprint density at radius 3 is 2.90 bits per heavy atom. The van der Waals surface area contributed by atoms with Gasteiger partial charge in [-0.15, -0.1) is 0 Å². The average Bonchev–Trinajstić information content (AvgIpc) is 2.92. The number of aromatic nitrogens is 3. The maximum atomic E-state index is 10.4. The smallest absolute Gasteiger partial charge is 0.167 e. The molecule has 0 bridgehead atoms. The van der Waals surface area contributed by atoms with Gasteiger partial charge in [-0.05, 0) is 13.0 Å². The summed E-state index contributed by atoms with van der Waals surface area (Å²) in [5.74, 6) is 0. The molecule has 0 spiro atoms. The summed E-state index contributed by atoms with van der Waals surface area (Å²) in [5.41, 5.74) is -1.07. The normalized spacial score (nSPS) is 34.0. The maximum Gasteiger partial charge on any atom is 0.167 e. The van der Waals surface area contributed by atoms with Crippen molar-refractivity contribution in [1.82, 2.24) is 14.5 Å². The van der Waals surface area contributed by atoms with Crippen LogP contribution in [0.2, 0.25) is 5.15 Å². The molecule has 20 heavy (non-hydrogen) atoms. The minimum Gasteiger partial charge on any atom is -0.394 e. The van der Waals surface area contributed by atoms with E-state index in [0.29, 0.717) is 16.2 Å². The SMILES string of the molecule is C[C@]1(O)C(n2ccc3c(Cl)ncnc32)O[C@H](CO)[C@H]1O. The lowest BCUT2D eigenvalue weighted by Gasteiger charge is -2.27. The van der Waals surface area contributed by atoms with Crippen molar-refractivity contribution >= 4 is 22.6 Å². The summed E-state index contributed by atoms with van der Waals surface area (Å²) in [4.78, 5) is 8.00. The number of halogens is 1. The number of rotatable bonds is 2. The van der Waals surface area contributed by atoms with Crippen molar-refractivity contribution in [1.29, 1.82) is 0 Å². The van der Waals surface area contributed by atoms with Gasteiger partial charge in [-0.3, -0.25) is 0 Å². The van der Waals surface area contributed by atoms with E-state index in [1.165, 1.54) is 13.3 Å². The summed E-state index contributed by atoms with van der Waals surface area (Å²) in [6.07, 6.45) is 0.0249. The topological polar surface area (TPSA) is 101 Å². The summed E-state index contributed by atoms with van der Waals surface area (Å²) in [7, 11) is 0. The van der Waals surface area contributed by atoms with Crippen LogP contribution in [0.1, 0.15) is 13.2 Å². The van der Waals surface area contributed by atoms with E-state index in [9.17, 15) is 15.3 Å². The molecule has 0 saturated carbocycles. The van der Waals surface area contributed by atoms with Crippen LogP contribution >= 0.6 is 11.6 Å². The van der Waals surface area contributed by atoms with Gasteiger partial charge in [-0.2, -0.15) is 0 Å². The largest absolute Gasteiger partial charge is 0.394 e. The highest BCUT2D eigenvalue weighted by molar-refractivity contribution is 6.33. The van der Waals surface area contributed by atoms with Crippen LogP contribution in [0.4, 0.5) is 0 Å². The Morgan fingerprint density at radius 1 is 1.50 bits per heavy atom. The number of fused-ring (bicyclic) bond motifs is 1. The highest BCUT2D eigenvalue weighted by atomic mass is 35.5. The molecule has 3 rings (SSSR count). The highest BCUT2D eigenvalue weighted by Gasteiger charge is 2.53. The molecule has 1 saturated heterocycles. The van der Waals surface area contributed by atoms with E-state index in [4.69, 9.17) is 16.3 Å². The molecule has 108 valence electrons. The number of hydrogen-bond acceptors (Lipinski definition) is 6. The van der Waals surface area contributed by atoms with E-state index in [-0.39, 0.29) is 6.61 Å². The first-order valence-electron chi connectivity index (χ1n) is 6.10. The third-order valence-corrected chi connectivity index (χ3v) is 3.95. The molecular formula is C12H14ClN3O4. The lowest BCUT2D eigenvalue weighted by Crippen LogP contribution is -2.44. The Balaban J connectivity index is 2.10. The van der Waals surface area contributed by atoms with Crippen molar-refractivity contribution in [3.63, 3.8) is 0 Å². The zero-order valence-electron chi connectivity index (χ0n) is 10.6. The van der Waals surface area contributed by atoms with E-state index in [2.05, 4.69) is 9.97 Å². The minimum atomic E-state index is -1.56. The minimum absolute atomic E-state index is 0.297. The van der Waals surface area contributed by atoms with Crippen LogP contribution in [0.5, 0.6) is 0 Å². The van der Waals surface area contributed by atoms with Crippen LogP contribution in [0.3, 0.4) is 0 Å². The van der Waals surface area contributed by atoms with Crippen molar-refractivity contribution in [3.05, 3.63) is 23.7 Å². The Labute approximate surface area is 119 Å². The predicted octanol–water partition coefficient (Wildman–Crippen LogP) is 0.0863. The molecule has 0 amide bonds. The van der Waals surface area contributed by atoms with Gasteiger partial charge in [-0.25, -0.2) is 9.97 Å². The van der Waals surface area contributed by atoms with Crippen LogP contribution in [0, 0.1) is 0 Å². The Kier molecular flexibility index (Phi) is 3.19. The molecule has 0 aliphatic carbocycles. The molecule has 3 heterocycles. The second-order valence-electron chi connectivity index (χ2n) is 5.00. The van der Waals surface area contributed by atoms with Gasteiger partial charge in [0.15, 0.2) is 6.23 Å². The fourth-order valence-corrected chi connectivity index (χ4v) is 2.71. The Bertz CT molecular complexity index is 645. The highest BCUT2D eigenvalue weighted by Crippen LogP contribution is 2.39. The van der Waals surface area contributed by atoms with Crippen LogP contribution in [-0.4, -0.2) is 54.3 Å². The van der Waals surface area contributed by atoms with Gasteiger partial charge in [-0.1, -0.05) is 11.6 Å². The molecule has 2 aromatic heterocycles. The number of aliphatic hydroxyl groups is 3. The molecule has 1 fully saturated rings. The summed E-state index contributed by atoms with van der Waals surface area (Å²) in [6.45, 7) is 1.06. The molecule has 7 nitrogen and oxygen atoms in total. The lowest BCUT2D eigenvalue weighted by molar-refractivity contribution is -0.0948. The van der Waals surface area contributed by atoms with E-state index in [0.717, 1.165) is 0 Å². The van der Waals surface area contributed by atoms with Crippen molar-refractivity contribution in [2.75, 3.05) is 6.61 Å². The van der Waals surface area contributed by atoms with Gasteiger partial charge in [0.25, 0.3) is 0 Å². The van der Waals surface area contributed by atoms with E-state index < -0.39 is 24.0 Å². The lowest BCUT2D eigenvalue weighted by atomic mass is 9.96. The molecule has 3 N–H and O–H groups in total. The third kappa shape index (κ3) is 1.82. The molecule has 2 aromatic rings. The third-order valence-electron chi connectivity index (χ3n) is 3.65. The zero-order valence-corrected chi connectivity index (χ0v) is 11.4. The maximum absolute atomic E-state index is 10.4. The van der Waals surface area contributed by atoms with Crippen molar-refractivity contribution in [3.8, 4) is 0 Å². The second-order valence-corrected chi connectivity index (χ2v) is 5.36. The van der Waals surface area contributed by atoms with E-state index in [1.54, 1.807) is 16.8 Å². The Morgan fingerprint density at radius 2 is 2.25 bits per heavy atom. The monoisotopic (exact) mass is 299 g/mol. The Hall–Kier alpha value is -1.25. The summed E-state index contributed by atoms with van der Waals surface area (Å²) < 4.78 is 7.11. The number of ether oxygens (including phenoxy) is 1. The quantitative estimate of drug-likeness (QED) is 0.679. The number of hydrogen-bond donors (Lipinski definition) is 3. The number of aliphatic hydroxyl groups excluding tert-OH is 2. The van der Waals surface area contributed by atoms with Gasteiger partial charge >= 0.3 is 0 Å². The summed E-state index contributed by atoms with van der Waals surface area (Å²) >= 11 is 5.98. The van der Waals surface area contributed by atoms with Crippen molar-refractivity contribution < 1.29 is 20.1 Å². The van der Waals surface area contributed by atoms with Gasteiger partial charge < -0.3 is 24.6 Å². The van der Waals surface area contributed by atoms with Gasteiger partial charge in [0.2, 0.25) is 0 Å². The second kappa shape index (κ2) is 4.64. The predicted molar refractivity (Wildman–Crippen MR) is 70.2 cm³/mol. The van der Waals surface area contributed by atoms with E-state index >= 15 is 0 Å². The standard InChI is InChI=1S/C12H14ClN3O4/c1-12(19)8(18)7(4-17)20-11(12)16-3-2-6-9(13)14-5-15-10(6)16/h2-3,5,7-8,11,17-19H,4H2,1H3/t7-,8-,11?,12-/m1/s1. The van der Waals surface area contributed by atoms with Crippen LogP contribution in [0.15, 0.2) is 18.6 Å². The first-order chi connectivity index (χ1) is 9.46.